The highest BCUT2D eigenvalue weighted by Gasteiger charge is 2.10. The predicted molar refractivity (Wildman–Crippen MR) is 61.5 cm³/mol. The van der Waals surface area contributed by atoms with Crippen molar-refractivity contribution in [1.29, 1.82) is 0 Å². The van der Waals surface area contributed by atoms with Gasteiger partial charge in [-0.1, -0.05) is 12.1 Å². The van der Waals surface area contributed by atoms with E-state index < -0.39 is 17.0 Å². The minimum absolute atomic E-state index is 0.200. The fraction of sp³-hybridized carbons (Fsp3) is 0.364. The Morgan fingerprint density at radius 1 is 1.56 bits per heavy atom. The van der Waals surface area contributed by atoms with E-state index in [0.29, 0.717) is 12.4 Å². The van der Waals surface area contributed by atoms with Crippen molar-refractivity contribution in [2.75, 3.05) is 12.4 Å². The molecule has 0 aliphatic heterocycles. The number of thioether (sulfide) groups is 1. The maximum atomic E-state index is 13.1. The Bertz CT molecular complexity index is 357. The molecule has 5 heteroatoms. The zero-order valence-electron chi connectivity index (χ0n) is 8.85. The molecule has 0 radical (unpaired) electrons. The van der Waals surface area contributed by atoms with Gasteiger partial charge in [0.05, 0.1) is 11.9 Å². The Kier molecular flexibility index (Phi) is 5.11. The number of carboxylic acid groups (broad SMARTS) is 1. The molecule has 3 nitrogen and oxygen atoms in total. The first-order chi connectivity index (χ1) is 7.61. The van der Waals surface area contributed by atoms with Gasteiger partial charge in [0.2, 0.25) is 0 Å². The molecule has 1 rings (SSSR count). The molecule has 88 valence electrons. The Balaban J connectivity index is 2.26. The zero-order valence-corrected chi connectivity index (χ0v) is 9.67. The Hall–Kier alpha value is -1.23. The molecule has 1 N–H and O–H groups in total. The van der Waals surface area contributed by atoms with E-state index in [-0.39, 0.29) is 5.75 Å². The SMILES string of the molecule is CC(SCCOc1ccccc1F)C(=O)O. The highest BCUT2D eigenvalue weighted by atomic mass is 32.2. The average molecular weight is 244 g/mol. The smallest absolute Gasteiger partial charge is 0.316 e. The van der Waals surface area contributed by atoms with Crippen molar-refractivity contribution in [1.82, 2.24) is 0 Å². The lowest BCUT2D eigenvalue weighted by molar-refractivity contribution is -0.136. The highest BCUT2D eigenvalue weighted by molar-refractivity contribution is 8.00. The van der Waals surface area contributed by atoms with Crippen LogP contribution in [-0.2, 0) is 4.79 Å². The van der Waals surface area contributed by atoms with Crippen LogP contribution in [0.1, 0.15) is 6.92 Å². The van der Waals surface area contributed by atoms with E-state index in [1.54, 1.807) is 25.1 Å². The molecule has 16 heavy (non-hydrogen) atoms. The monoisotopic (exact) mass is 244 g/mol. The molecule has 0 spiro atoms. The normalized spacial score (nSPS) is 12.1. The van der Waals surface area contributed by atoms with Crippen LogP contribution < -0.4 is 4.74 Å². The highest BCUT2D eigenvalue weighted by Crippen LogP contribution is 2.16. The van der Waals surface area contributed by atoms with E-state index in [9.17, 15) is 9.18 Å². The van der Waals surface area contributed by atoms with Crippen LogP contribution >= 0.6 is 11.8 Å². The van der Waals surface area contributed by atoms with E-state index in [1.165, 1.54) is 17.8 Å². The lowest BCUT2D eigenvalue weighted by Gasteiger charge is -2.08. The molecule has 0 fully saturated rings. The quantitative estimate of drug-likeness (QED) is 0.781. The molecule has 1 aromatic rings. The minimum atomic E-state index is -0.851. The van der Waals surface area contributed by atoms with Gasteiger partial charge in [-0.15, -0.1) is 11.8 Å². The molecule has 0 aliphatic carbocycles. The van der Waals surface area contributed by atoms with E-state index in [0.717, 1.165) is 0 Å². The second-order valence-corrected chi connectivity index (χ2v) is 4.58. The van der Waals surface area contributed by atoms with Crippen molar-refractivity contribution in [2.24, 2.45) is 0 Å². The van der Waals surface area contributed by atoms with Gasteiger partial charge in [-0.05, 0) is 19.1 Å². The van der Waals surface area contributed by atoms with Gasteiger partial charge in [0.1, 0.15) is 0 Å². The molecule has 0 bridgehead atoms. The molecule has 0 saturated heterocycles. The van der Waals surface area contributed by atoms with E-state index in [4.69, 9.17) is 9.84 Å². The number of halogens is 1. The van der Waals surface area contributed by atoms with Crippen molar-refractivity contribution in [3.63, 3.8) is 0 Å². The maximum absolute atomic E-state index is 13.1. The van der Waals surface area contributed by atoms with Crippen molar-refractivity contribution >= 4 is 17.7 Å². The summed E-state index contributed by atoms with van der Waals surface area (Å²) in [6.07, 6.45) is 0. The van der Waals surface area contributed by atoms with Crippen LogP contribution in [0.5, 0.6) is 5.75 Å². The van der Waals surface area contributed by atoms with Gasteiger partial charge >= 0.3 is 5.97 Å². The first-order valence-electron chi connectivity index (χ1n) is 4.83. The number of rotatable bonds is 6. The molecule has 0 aromatic heterocycles. The molecule has 1 aromatic carbocycles. The summed E-state index contributed by atoms with van der Waals surface area (Å²) in [6.45, 7) is 1.90. The van der Waals surface area contributed by atoms with Gasteiger partial charge in [-0.2, -0.15) is 0 Å². The number of ether oxygens (including phenoxy) is 1. The standard InChI is InChI=1S/C11H13FO3S/c1-8(11(13)14)16-7-6-15-10-5-3-2-4-9(10)12/h2-5,8H,6-7H2,1H3,(H,13,14). The topological polar surface area (TPSA) is 46.5 Å². The van der Waals surface area contributed by atoms with Gasteiger partial charge in [0.25, 0.3) is 0 Å². The average Bonchev–Trinajstić information content (AvgIpc) is 2.26. The van der Waals surface area contributed by atoms with Crippen LogP contribution in [-0.4, -0.2) is 28.7 Å². The number of aliphatic carboxylic acids is 1. The lowest BCUT2D eigenvalue weighted by atomic mass is 10.3. The molecular formula is C11H13FO3S. The third kappa shape index (κ3) is 4.10. The van der Waals surface area contributed by atoms with Crippen LogP contribution in [0.15, 0.2) is 24.3 Å². The maximum Gasteiger partial charge on any atom is 0.316 e. The number of para-hydroxylation sites is 1. The lowest BCUT2D eigenvalue weighted by Crippen LogP contribution is -2.14. The summed E-state index contributed by atoms with van der Waals surface area (Å²) >= 11 is 1.26. The van der Waals surface area contributed by atoms with Crippen molar-refractivity contribution in [3.8, 4) is 5.75 Å². The van der Waals surface area contributed by atoms with Crippen molar-refractivity contribution in [2.45, 2.75) is 12.2 Å². The third-order valence-corrected chi connectivity index (χ3v) is 3.00. The second-order valence-electron chi connectivity index (χ2n) is 3.13. The summed E-state index contributed by atoms with van der Waals surface area (Å²) < 4.78 is 18.3. The van der Waals surface area contributed by atoms with E-state index in [2.05, 4.69) is 0 Å². The van der Waals surface area contributed by atoms with E-state index >= 15 is 0 Å². The van der Waals surface area contributed by atoms with Gasteiger partial charge in [-0.3, -0.25) is 4.79 Å². The molecule has 0 saturated carbocycles. The first kappa shape index (κ1) is 12.8. The van der Waals surface area contributed by atoms with Gasteiger partial charge in [0, 0.05) is 5.75 Å². The number of hydrogen-bond donors (Lipinski definition) is 1. The number of carbonyl (C=O) groups is 1. The zero-order chi connectivity index (χ0) is 12.0. The second kappa shape index (κ2) is 6.37. The van der Waals surface area contributed by atoms with Crippen LogP contribution in [0.2, 0.25) is 0 Å². The molecule has 1 atom stereocenters. The van der Waals surface area contributed by atoms with Crippen LogP contribution in [0.3, 0.4) is 0 Å². The summed E-state index contributed by atoms with van der Waals surface area (Å²) in [5.41, 5.74) is 0. The van der Waals surface area contributed by atoms with E-state index in [1.807, 2.05) is 0 Å². The minimum Gasteiger partial charge on any atom is -0.490 e. The van der Waals surface area contributed by atoms with Crippen LogP contribution in [0.25, 0.3) is 0 Å². The summed E-state index contributed by atoms with van der Waals surface area (Å²) in [5.74, 6) is -0.539. The molecule has 0 heterocycles. The largest absolute Gasteiger partial charge is 0.490 e. The van der Waals surface area contributed by atoms with Crippen LogP contribution in [0, 0.1) is 5.82 Å². The molecule has 0 aliphatic rings. The summed E-state index contributed by atoms with van der Waals surface area (Å²) in [5, 5.41) is 8.15. The van der Waals surface area contributed by atoms with Crippen molar-refractivity contribution < 1.29 is 19.0 Å². The van der Waals surface area contributed by atoms with Gasteiger partial charge < -0.3 is 9.84 Å². The fourth-order valence-electron chi connectivity index (χ4n) is 1.01. The van der Waals surface area contributed by atoms with Gasteiger partial charge in [0.15, 0.2) is 11.6 Å². The summed E-state index contributed by atoms with van der Waals surface area (Å²) in [7, 11) is 0. The number of benzene rings is 1. The Morgan fingerprint density at radius 2 is 2.25 bits per heavy atom. The summed E-state index contributed by atoms with van der Waals surface area (Å²) in [6, 6.07) is 6.14. The van der Waals surface area contributed by atoms with Crippen molar-refractivity contribution in [3.05, 3.63) is 30.1 Å². The summed E-state index contributed by atoms with van der Waals surface area (Å²) in [4.78, 5) is 10.5. The number of hydrogen-bond acceptors (Lipinski definition) is 3. The third-order valence-electron chi connectivity index (χ3n) is 1.89. The fourth-order valence-corrected chi connectivity index (χ4v) is 1.69. The first-order valence-corrected chi connectivity index (χ1v) is 5.88. The number of carboxylic acids is 1. The molecule has 1 unspecified atom stereocenters. The predicted octanol–water partition coefficient (Wildman–Crippen LogP) is 2.41. The molecule has 0 amide bonds. The Morgan fingerprint density at radius 3 is 2.88 bits per heavy atom. The van der Waals surface area contributed by atoms with Gasteiger partial charge in [-0.25, -0.2) is 4.39 Å². The van der Waals surface area contributed by atoms with Crippen LogP contribution in [0.4, 0.5) is 4.39 Å². The Labute approximate surface area is 97.6 Å². The molecular weight excluding hydrogens is 231 g/mol.